The van der Waals surface area contributed by atoms with Crippen LogP contribution in [0, 0.1) is 0 Å². The Balaban J connectivity index is 1.55. The fourth-order valence-electron chi connectivity index (χ4n) is 2.42. The molecule has 3 N–H and O–H groups in total. The molecule has 1 saturated heterocycles. The maximum atomic E-state index is 11.7. The molecule has 1 unspecified atom stereocenters. The van der Waals surface area contributed by atoms with Crippen molar-refractivity contribution in [2.24, 2.45) is 0 Å². The minimum Gasteiger partial charge on any atom is -0.355 e. The van der Waals surface area contributed by atoms with Crippen LogP contribution in [-0.2, 0) is 16.0 Å². The first kappa shape index (κ1) is 15.5. The molecule has 0 saturated carbocycles. The van der Waals surface area contributed by atoms with E-state index in [2.05, 4.69) is 16.0 Å². The van der Waals surface area contributed by atoms with Gasteiger partial charge in [0.25, 0.3) is 0 Å². The number of nitrogens with one attached hydrogen (secondary N) is 3. The number of hydrogen-bond acceptors (Lipinski definition) is 3. The Morgan fingerprint density at radius 1 is 1.14 bits per heavy atom. The second-order valence-electron chi connectivity index (χ2n) is 5.36. The molecule has 0 spiro atoms. The molecule has 1 aliphatic heterocycles. The molecular weight excluding hydrogens is 266 g/mol. The average molecular weight is 289 g/mol. The van der Waals surface area contributed by atoms with Gasteiger partial charge in [0, 0.05) is 25.6 Å². The van der Waals surface area contributed by atoms with Crippen LogP contribution in [0.1, 0.15) is 24.8 Å². The Labute approximate surface area is 125 Å². The third-order valence-electron chi connectivity index (χ3n) is 3.59. The summed E-state index contributed by atoms with van der Waals surface area (Å²) < 4.78 is 0. The van der Waals surface area contributed by atoms with Crippen molar-refractivity contribution in [2.75, 3.05) is 19.6 Å². The number of carbonyl (C=O) groups excluding carboxylic acids is 2. The molecule has 0 radical (unpaired) electrons. The molecule has 1 fully saturated rings. The molecule has 5 nitrogen and oxygen atoms in total. The van der Waals surface area contributed by atoms with Crippen LogP contribution >= 0.6 is 0 Å². The lowest BCUT2D eigenvalue weighted by Gasteiger charge is -2.11. The van der Waals surface area contributed by atoms with Gasteiger partial charge < -0.3 is 16.0 Å². The van der Waals surface area contributed by atoms with Gasteiger partial charge in [0.15, 0.2) is 0 Å². The Morgan fingerprint density at radius 2 is 1.95 bits per heavy atom. The molecule has 1 heterocycles. The summed E-state index contributed by atoms with van der Waals surface area (Å²) in [6, 6.07) is 9.98. The Bertz CT molecular complexity index is 456. The highest BCUT2D eigenvalue weighted by Gasteiger charge is 2.14. The van der Waals surface area contributed by atoms with E-state index >= 15 is 0 Å². The van der Waals surface area contributed by atoms with Crippen molar-refractivity contribution in [3.05, 3.63) is 35.9 Å². The van der Waals surface area contributed by atoms with Gasteiger partial charge in [0.2, 0.25) is 11.8 Å². The van der Waals surface area contributed by atoms with E-state index < -0.39 is 0 Å². The molecule has 0 aliphatic carbocycles. The van der Waals surface area contributed by atoms with Gasteiger partial charge in [-0.15, -0.1) is 0 Å². The smallest absolute Gasteiger partial charge is 0.224 e. The molecule has 1 aromatic carbocycles. The Kier molecular flexibility index (Phi) is 6.22. The van der Waals surface area contributed by atoms with Gasteiger partial charge in [-0.25, -0.2) is 0 Å². The van der Waals surface area contributed by atoms with Crippen molar-refractivity contribution in [2.45, 2.75) is 31.7 Å². The highest BCUT2D eigenvalue weighted by Crippen LogP contribution is 2.03. The van der Waals surface area contributed by atoms with Crippen LogP contribution < -0.4 is 16.0 Å². The Morgan fingerprint density at radius 3 is 2.67 bits per heavy atom. The topological polar surface area (TPSA) is 70.2 Å². The van der Waals surface area contributed by atoms with E-state index in [1.165, 1.54) is 6.42 Å². The van der Waals surface area contributed by atoms with Crippen LogP contribution in [0.3, 0.4) is 0 Å². The number of benzene rings is 1. The molecule has 0 bridgehead atoms. The minimum absolute atomic E-state index is 0.0105. The fourth-order valence-corrected chi connectivity index (χ4v) is 2.42. The van der Waals surface area contributed by atoms with Crippen LogP contribution in [0.2, 0.25) is 0 Å². The fraction of sp³-hybridized carbons (Fsp3) is 0.500. The molecule has 114 valence electrons. The summed E-state index contributed by atoms with van der Waals surface area (Å²) in [5.41, 5.74) is 0.978. The van der Waals surface area contributed by atoms with Crippen molar-refractivity contribution in [1.29, 1.82) is 0 Å². The van der Waals surface area contributed by atoms with E-state index in [9.17, 15) is 9.59 Å². The number of carbonyl (C=O) groups is 2. The molecule has 21 heavy (non-hydrogen) atoms. The van der Waals surface area contributed by atoms with E-state index in [-0.39, 0.29) is 11.8 Å². The minimum atomic E-state index is -0.0496. The maximum Gasteiger partial charge on any atom is 0.224 e. The standard InChI is InChI=1S/C16H23N3O2/c20-15(19-12-14-7-4-9-17-14)8-10-18-16(21)11-13-5-2-1-3-6-13/h1-3,5-6,14,17H,4,7-12H2,(H,18,21)(H,19,20). The summed E-state index contributed by atoms with van der Waals surface area (Å²) in [4.78, 5) is 23.4. The average Bonchev–Trinajstić information content (AvgIpc) is 2.99. The van der Waals surface area contributed by atoms with Crippen LogP contribution in [0.15, 0.2) is 30.3 Å². The van der Waals surface area contributed by atoms with Crippen molar-refractivity contribution < 1.29 is 9.59 Å². The lowest BCUT2D eigenvalue weighted by atomic mass is 10.1. The second-order valence-corrected chi connectivity index (χ2v) is 5.36. The zero-order valence-electron chi connectivity index (χ0n) is 12.2. The predicted molar refractivity (Wildman–Crippen MR) is 81.8 cm³/mol. The number of hydrogen-bond donors (Lipinski definition) is 3. The van der Waals surface area contributed by atoms with Gasteiger partial charge in [-0.05, 0) is 24.9 Å². The Hall–Kier alpha value is -1.88. The molecule has 2 rings (SSSR count). The normalized spacial score (nSPS) is 17.4. The highest BCUT2D eigenvalue weighted by molar-refractivity contribution is 5.80. The van der Waals surface area contributed by atoms with Crippen LogP contribution in [0.5, 0.6) is 0 Å². The predicted octanol–water partition coefficient (Wildman–Crippen LogP) is 0.604. The van der Waals surface area contributed by atoms with E-state index in [0.29, 0.717) is 32.0 Å². The van der Waals surface area contributed by atoms with E-state index in [4.69, 9.17) is 0 Å². The van der Waals surface area contributed by atoms with Gasteiger partial charge >= 0.3 is 0 Å². The van der Waals surface area contributed by atoms with Crippen LogP contribution in [0.25, 0.3) is 0 Å². The maximum absolute atomic E-state index is 11.7. The van der Waals surface area contributed by atoms with Gasteiger partial charge in [0.1, 0.15) is 0 Å². The monoisotopic (exact) mass is 289 g/mol. The van der Waals surface area contributed by atoms with Crippen molar-refractivity contribution in [3.8, 4) is 0 Å². The first-order valence-electron chi connectivity index (χ1n) is 7.55. The van der Waals surface area contributed by atoms with Gasteiger partial charge in [0.05, 0.1) is 6.42 Å². The highest BCUT2D eigenvalue weighted by atomic mass is 16.2. The molecule has 1 atom stereocenters. The lowest BCUT2D eigenvalue weighted by Crippen LogP contribution is -2.38. The second kappa shape index (κ2) is 8.42. The largest absolute Gasteiger partial charge is 0.355 e. The van der Waals surface area contributed by atoms with E-state index in [0.717, 1.165) is 18.5 Å². The van der Waals surface area contributed by atoms with Crippen LogP contribution in [-0.4, -0.2) is 37.5 Å². The van der Waals surface area contributed by atoms with Gasteiger partial charge in [-0.2, -0.15) is 0 Å². The summed E-state index contributed by atoms with van der Waals surface area (Å²) in [7, 11) is 0. The van der Waals surface area contributed by atoms with Gasteiger partial charge in [-0.1, -0.05) is 30.3 Å². The zero-order valence-corrected chi connectivity index (χ0v) is 12.2. The van der Waals surface area contributed by atoms with E-state index in [1.54, 1.807) is 0 Å². The number of amides is 2. The van der Waals surface area contributed by atoms with Crippen molar-refractivity contribution in [1.82, 2.24) is 16.0 Å². The molecule has 2 amide bonds. The quantitative estimate of drug-likeness (QED) is 0.688. The van der Waals surface area contributed by atoms with E-state index in [1.807, 2.05) is 30.3 Å². The number of rotatable bonds is 7. The van der Waals surface area contributed by atoms with Crippen molar-refractivity contribution >= 4 is 11.8 Å². The summed E-state index contributed by atoms with van der Waals surface area (Å²) in [6.07, 6.45) is 2.98. The van der Waals surface area contributed by atoms with Crippen LogP contribution in [0.4, 0.5) is 0 Å². The lowest BCUT2D eigenvalue weighted by molar-refractivity contribution is -0.122. The first-order chi connectivity index (χ1) is 10.2. The SMILES string of the molecule is O=C(CCNC(=O)Cc1ccccc1)NCC1CCCN1. The summed E-state index contributed by atoms with van der Waals surface area (Å²) in [5, 5.41) is 9.00. The molecular formula is C16H23N3O2. The van der Waals surface area contributed by atoms with Gasteiger partial charge in [-0.3, -0.25) is 9.59 Å². The summed E-state index contributed by atoms with van der Waals surface area (Å²) >= 11 is 0. The molecule has 5 heteroatoms. The molecule has 0 aromatic heterocycles. The zero-order chi connectivity index (χ0) is 14.9. The molecule has 1 aromatic rings. The third-order valence-corrected chi connectivity index (χ3v) is 3.59. The summed E-state index contributed by atoms with van der Waals surface area (Å²) in [5.74, 6) is -0.0600. The summed E-state index contributed by atoms with van der Waals surface area (Å²) in [6.45, 7) is 2.10. The third kappa shape index (κ3) is 5.95. The first-order valence-corrected chi connectivity index (χ1v) is 7.55. The molecule has 1 aliphatic rings. The van der Waals surface area contributed by atoms with Crippen molar-refractivity contribution in [3.63, 3.8) is 0 Å².